The minimum atomic E-state index is -0.113. The van der Waals surface area contributed by atoms with E-state index in [-0.39, 0.29) is 17.7 Å². The van der Waals surface area contributed by atoms with Crippen molar-refractivity contribution in [1.82, 2.24) is 9.80 Å². The average molecular weight is 352 g/mol. The fraction of sp³-hybridized carbons (Fsp3) is 0.529. The number of carbonyl (C=O) groups is 2. The highest BCUT2D eigenvalue weighted by atomic mass is 35.5. The van der Waals surface area contributed by atoms with Crippen molar-refractivity contribution >= 4 is 29.1 Å². The number of halogens is 1. The van der Waals surface area contributed by atoms with Gasteiger partial charge in [0.2, 0.25) is 11.8 Å². The van der Waals surface area contributed by atoms with E-state index in [9.17, 15) is 9.59 Å². The first kappa shape index (κ1) is 17.0. The normalized spacial score (nSPS) is 18.3. The summed E-state index contributed by atoms with van der Waals surface area (Å²) in [6.07, 6.45) is 2.06. The summed E-state index contributed by atoms with van der Waals surface area (Å²) >= 11 is 5.97. The van der Waals surface area contributed by atoms with E-state index in [0.29, 0.717) is 36.1 Å². The van der Waals surface area contributed by atoms with E-state index in [2.05, 4.69) is 10.2 Å². The summed E-state index contributed by atoms with van der Waals surface area (Å²) in [5, 5.41) is 3.38. The van der Waals surface area contributed by atoms with Crippen molar-refractivity contribution < 1.29 is 14.3 Å². The number of nitrogens with one attached hydrogen (secondary N) is 1. The molecule has 2 aliphatic rings. The second-order valence-electron chi connectivity index (χ2n) is 6.27. The van der Waals surface area contributed by atoms with Crippen LogP contribution in [0.1, 0.15) is 12.8 Å². The van der Waals surface area contributed by atoms with Crippen molar-refractivity contribution in [3.8, 4) is 5.75 Å². The fourth-order valence-corrected chi connectivity index (χ4v) is 3.06. The number of anilines is 1. The van der Waals surface area contributed by atoms with Crippen molar-refractivity contribution in [2.24, 2.45) is 5.92 Å². The molecule has 0 spiro atoms. The molecule has 0 bridgehead atoms. The van der Waals surface area contributed by atoms with Crippen molar-refractivity contribution in [1.29, 1.82) is 0 Å². The number of carbonyl (C=O) groups excluding carboxylic acids is 2. The number of hydrogen-bond donors (Lipinski definition) is 1. The number of methoxy groups -OCH3 is 1. The van der Waals surface area contributed by atoms with Gasteiger partial charge in [-0.25, -0.2) is 0 Å². The summed E-state index contributed by atoms with van der Waals surface area (Å²) in [4.78, 5) is 28.3. The third-order valence-electron chi connectivity index (χ3n) is 4.41. The third-order valence-corrected chi connectivity index (χ3v) is 4.65. The van der Waals surface area contributed by atoms with Gasteiger partial charge in [-0.1, -0.05) is 11.6 Å². The van der Waals surface area contributed by atoms with Crippen LogP contribution in [-0.2, 0) is 9.59 Å². The number of nitrogens with zero attached hydrogens (tertiary/aromatic N) is 2. The standard InChI is InChI=1S/C17H22ClN3O3/c1-24-15-5-4-13(18)10-14(15)19-16(22)11-20-6-8-21(9-7-20)17(23)12-2-3-12/h4-5,10,12H,2-3,6-9,11H2,1H3,(H,19,22). The molecule has 1 saturated carbocycles. The van der Waals surface area contributed by atoms with Crippen LogP contribution in [0, 0.1) is 5.92 Å². The zero-order chi connectivity index (χ0) is 17.1. The zero-order valence-corrected chi connectivity index (χ0v) is 14.5. The smallest absolute Gasteiger partial charge is 0.238 e. The van der Waals surface area contributed by atoms with Crippen LogP contribution >= 0.6 is 11.6 Å². The molecule has 3 rings (SSSR count). The van der Waals surface area contributed by atoms with Gasteiger partial charge in [0.15, 0.2) is 0 Å². The monoisotopic (exact) mass is 351 g/mol. The van der Waals surface area contributed by atoms with Crippen molar-refractivity contribution in [2.75, 3.05) is 45.2 Å². The van der Waals surface area contributed by atoms with Crippen molar-refractivity contribution in [3.63, 3.8) is 0 Å². The van der Waals surface area contributed by atoms with Crippen LogP contribution in [0.15, 0.2) is 18.2 Å². The molecule has 1 aliphatic heterocycles. The Labute approximate surface area is 146 Å². The topological polar surface area (TPSA) is 61.9 Å². The van der Waals surface area contributed by atoms with Crippen LogP contribution in [-0.4, -0.2) is 61.4 Å². The zero-order valence-electron chi connectivity index (χ0n) is 13.8. The Hall–Kier alpha value is -1.79. The minimum absolute atomic E-state index is 0.113. The lowest BCUT2D eigenvalue weighted by atomic mass is 10.2. The number of benzene rings is 1. The van der Waals surface area contributed by atoms with E-state index in [0.717, 1.165) is 25.9 Å². The summed E-state index contributed by atoms with van der Waals surface area (Å²) < 4.78 is 5.23. The van der Waals surface area contributed by atoms with Gasteiger partial charge < -0.3 is 15.0 Å². The van der Waals surface area contributed by atoms with E-state index in [1.54, 1.807) is 25.3 Å². The molecule has 0 atom stereocenters. The van der Waals surface area contributed by atoms with Gasteiger partial charge in [0.05, 0.1) is 19.3 Å². The van der Waals surface area contributed by atoms with Gasteiger partial charge in [0.25, 0.3) is 0 Å². The third kappa shape index (κ3) is 4.19. The SMILES string of the molecule is COc1ccc(Cl)cc1NC(=O)CN1CCN(C(=O)C2CC2)CC1. The molecule has 2 amide bonds. The molecule has 0 unspecified atom stereocenters. The maximum atomic E-state index is 12.3. The Kier molecular flexibility index (Phi) is 5.26. The van der Waals surface area contributed by atoms with Crippen LogP contribution in [0.3, 0.4) is 0 Å². The van der Waals surface area contributed by atoms with Gasteiger partial charge in [-0.2, -0.15) is 0 Å². The lowest BCUT2D eigenvalue weighted by molar-refractivity contribution is -0.134. The van der Waals surface area contributed by atoms with Gasteiger partial charge in [-0.05, 0) is 31.0 Å². The molecule has 1 saturated heterocycles. The van der Waals surface area contributed by atoms with E-state index in [1.807, 2.05) is 4.90 Å². The first-order valence-corrected chi connectivity index (χ1v) is 8.59. The molecule has 7 heteroatoms. The van der Waals surface area contributed by atoms with Crippen LogP contribution < -0.4 is 10.1 Å². The number of amides is 2. The molecule has 2 fully saturated rings. The van der Waals surface area contributed by atoms with Gasteiger partial charge >= 0.3 is 0 Å². The van der Waals surface area contributed by atoms with Gasteiger partial charge in [-0.15, -0.1) is 0 Å². The molecular formula is C17H22ClN3O3. The largest absolute Gasteiger partial charge is 0.495 e. The van der Waals surface area contributed by atoms with Crippen molar-refractivity contribution in [3.05, 3.63) is 23.2 Å². The van der Waals surface area contributed by atoms with E-state index >= 15 is 0 Å². The van der Waals surface area contributed by atoms with Crippen LogP contribution in [0.25, 0.3) is 0 Å². The Bertz CT molecular complexity index is 626. The first-order chi connectivity index (χ1) is 11.6. The van der Waals surface area contributed by atoms with E-state index in [1.165, 1.54) is 0 Å². The summed E-state index contributed by atoms with van der Waals surface area (Å²) in [6, 6.07) is 5.11. The summed E-state index contributed by atoms with van der Waals surface area (Å²) in [7, 11) is 1.55. The number of ether oxygens (including phenoxy) is 1. The van der Waals surface area contributed by atoms with Crippen LogP contribution in [0.4, 0.5) is 5.69 Å². The molecule has 1 aliphatic carbocycles. The highest BCUT2D eigenvalue weighted by Crippen LogP contribution is 2.31. The first-order valence-electron chi connectivity index (χ1n) is 8.21. The molecule has 24 heavy (non-hydrogen) atoms. The Morgan fingerprint density at radius 2 is 1.96 bits per heavy atom. The lowest BCUT2D eigenvalue weighted by Crippen LogP contribution is -2.50. The van der Waals surface area contributed by atoms with Crippen LogP contribution in [0.2, 0.25) is 5.02 Å². The maximum absolute atomic E-state index is 12.3. The Balaban J connectivity index is 1.49. The minimum Gasteiger partial charge on any atom is -0.495 e. The second kappa shape index (κ2) is 7.40. The maximum Gasteiger partial charge on any atom is 0.238 e. The summed E-state index contributed by atoms with van der Waals surface area (Å²) in [5.41, 5.74) is 0.567. The van der Waals surface area contributed by atoms with Gasteiger partial charge in [0.1, 0.15) is 5.75 Å². The number of rotatable bonds is 5. The quantitative estimate of drug-likeness (QED) is 0.879. The fourth-order valence-electron chi connectivity index (χ4n) is 2.89. The highest BCUT2D eigenvalue weighted by molar-refractivity contribution is 6.31. The van der Waals surface area contributed by atoms with E-state index in [4.69, 9.17) is 16.3 Å². The van der Waals surface area contributed by atoms with E-state index < -0.39 is 0 Å². The Morgan fingerprint density at radius 1 is 1.25 bits per heavy atom. The van der Waals surface area contributed by atoms with Gasteiger partial charge in [0, 0.05) is 37.1 Å². The summed E-state index contributed by atoms with van der Waals surface area (Å²) in [5.74, 6) is 1.00. The predicted octanol–water partition coefficient (Wildman–Crippen LogP) is 1.84. The molecule has 6 nitrogen and oxygen atoms in total. The predicted molar refractivity (Wildman–Crippen MR) is 92.4 cm³/mol. The molecule has 1 heterocycles. The highest BCUT2D eigenvalue weighted by Gasteiger charge is 2.34. The molecule has 1 aromatic rings. The Morgan fingerprint density at radius 3 is 2.58 bits per heavy atom. The van der Waals surface area contributed by atoms with Crippen LogP contribution in [0.5, 0.6) is 5.75 Å². The number of piperazine rings is 1. The molecule has 0 radical (unpaired) electrons. The number of hydrogen-bond acceptors (Lipinski definition) is 4. The summed E-state index contributed by atoms with van der Waals surface area (Å²) in [6.45, 7) is 3.13. The van der Waals surface area contributed by atoms with Gasteiger partial charge in [-0.3, -0.25) is 14.5 Å². The molecule has 1 aromatic carbocycles. The molecular weight excluding hydrogens is 330 g/mol. The average Bonchev–Trinajstić information content (AvgIpc) is 3.40. The molecule has 130 valence electrons. The molecule has 0 aromatic heterocycles. The van der Waals surface area contributed by atoms with Crippen molar-refractivity contribution in [2.45, 2.75) is 12.8 Å². The lowest BCUT2D eigenvalue weighted by Gasteiger charge is -2.34. The molecule has 1 N–H and O–H groups in total. The second-order valence-corrected chi connectivity index (χ2v) is 6.70.